The van der Waals surface area contributed by atoms with Crippen LogP contribution < -0.4 is 15.4 Å². The first-order chi connectivity index (χ1) is 19.2. The zero-order chi connectivity index (χ0) is 29.9. The zero-order valence-corrected chi connectivity index (χ0v) is 22.9. The molecule has 1 aliphatic heterocycles. The van der Waals surface area contributed by atoms with Crippen molar-refractivity contribution in [1.29, 1.82) is 0 Å². The van der Waals surface area contributed by atoms with Crippen LogP contribution in [0.4, 0.5) is 42.0 Å². The third-order valence-electron chi connectivity index (χ3n) is 5.70. The summed E-state index contributed by atoms with van der Waals surface area (Å²) in [5.74, 6) is -1.67. The van der Waals surface area contributed by atoms with Gasteiger partial charge in [-0.1, -0.05) is 28.9 Å². The Hall–Kier alpha value is -4.37. The molecule has 16 heteroatoms. The molecule has 2 aromatic heterocycles. The fourth-order valence-electron chi connectivity index (χ4n) is 3.90. The van der Waals surface area contributed by atoms with Gasteiger partial charge in [-0.3, -0.25) is 4.72 Å². The molecule has 0 radical (unpaired) electrons. The Morgan fingerprint density at radius 1 is 1.10 bits per heavy atom. The second-order valence-electron chi connectivity index (χ2n) is 8.77. The lowest BCUT2D eigenvalue weighted by Crippen LogP contribution is -2.21. The van der Waals surface area contributed by atoms with Crippen molar-refractivity contribution >= 4 is 56.4 Å². The first-order valence-corrected chi connectivity index (χ1v) is 13.6. The second kappa shape index (κ2) is 11.6. The van der Waals surface area contributed by atoms with Crippen molar-refractivity contribution in [1.82, 2.24) is 15.1 Å². The van der Waals surface area contributed by atoms with Crippen molar-refractivity contribution in [2.75, 3.05) is 15.4 Å². The molecule has 11 nitrogen and oxygen atoms in total. The number of aryl methyl sites for hydroxylation is 4. The van der Waals surface area contributed by atoms with Crippen LogP contribution in [-0.2, 0) is 27.7 Å². The van der Waals surface area contributed by atoms with Gasteiger partial charge in [0.1, 0.15) is 10.7 Å². The number of nitrogens with one attached hydrogen (secondary N) is 3. The molecule has 216 valence electrons. The molecular weight excluding hydrogens is 589 g/mol. The van der Waals surface area contributed by atoms with E-state index in [9.17, 15) is 21.6 Å². The van der Waals surface area contributed by atoms with Crippen molar-refractivity contribution in [2.24, 2.45) is 0 Å². The van der Waals surface area contributed by atoms with Gasteiger partial charge in [0, 0.05) is 11.4 Å². The number of carboxylic acid groups (broad SMARTS) is 1. The van der Waals surface area contributed by atoms with Crippen molar-refractivity contribution in [3.8, 4) is 0 Å². The molecular formula is C25H22ClF3N6O5S. The summed E-state index contributed by atoms with van der Waals surface area (Å²) in [6.45, 7) is 3.17. The summed E-state index contributed by atoms with van der Waals surface area (Å²) in [7, 11) is -3.89. The van der Waals surface area contributed by atoms with E-state index in [0.717, 1.165) is 16.8 Å². The van der Waals surface area contributed by atoms with Crippen molar-refractivity contribution in [3.63, 3.8) is 0 Å². The summed E-state index contributed by atoms with van der Waals surface area (Å²) >= 11 is 6.32. The van der Waals surface area contributed by atoms with Crippen molar-refractivity contribution < 1.29 is 36.0 Å². The van der Waals surface area contributed by atoms with Crippen molar-refractivity contribution in [2.45, 2.75) is 37.8 Å². The van der Waals surface area contributed by atoms with Crippen LogP contribution in [0.15, 0.2) is 58.1 Å². The van der Waals surface area contributed by atoms with Gasteiger partial charge in [0.15, 0.2) is 16.5 Å². The average Bonchev–Trinajstić information content (AvgIpc) is 3.24. The normalized spacial score (nSPS) is 12.7. The van der Waals surface area contributed by atoms with Gasteiger partial charge in [0.25, 0.3) is 10.0 Å². The number of carbonyl (C=O) groups is 1. The molecule has 4 N–H and O–H groups in total. The third kappa shape index (κ3) is 7.24. The number of fused-ring (bicyclic) bond motifs is 6. The molecule has 5 rings (SSSR count). The maximum atomic E-state index is 13.1. The molecule has 0 fully saturated rings. The van der Waals surface area contributed by atoms with Crippen LogP contribution in [0.3, 0.4) is 0 Å². The maximum Gasteiger partial charge on any atom is 0.490 e. The number of aromatic nitrogens is 3. The molecule has 0 aliphatic carbocycles. The average molecular weight is 611 g/mol. The lowest BCUT2D eigenvalue weighted by Gasteiger charge is -2.15. The lowest BCUT2D eigenvalue weighted by atomic mass is 10.0. The van der Waals surface area contributed by atoms with Crippen LogP contribution >= 0.6 is 11.6 Å². The van der Waals surface area contributed by atoms with E-state index in [-0.39, 0.29) is 10.7 Å². The predicted octanol–water partition coefficient (Wildman–Crippen LogP) is 5.75. The highest BCUT2D eigenvalue weighted by Crippen LogP contribution is 2.31. The number of rotatable bonds is 3. The molecule has 3 heterocycles. The molecule has 0 amide bonds. The largest absolute Gasteiger partial charge is 0.490 e. The molecule has 1 aliphatic rings. The van der Waals surface area contributed by atoms with Gasteiger partial charge in [-0.25, -0.2) is 18.2 Å². The first-order valence-electron chi connectivity index (χ1n) is 11.8. The molecule has 0 spiro atoms. The second-order valence-corrected chi connectivity index (χ2v) is 10.8. The zero-order valence-electron chi connectivity index (χ0n) is 21.4. The predicted molar refractivity (Wildman–Crippen MR) is 144 cm³/mol. The molecule has 0 saturated heterocycles. The maximum absolute atomic E-state index is 13.1. The van der Waals surface area contributed by atoms with Gasteiger partial charge in [-0.2, -0.15) is 18.2 Å². The minimum absolute atomic E-state index is 0.0469. The Kier molecular flexibility index (Phi) is 8.39. The SMILES string of the molecule is Cc1noc(C)c1S(=O)(=O)Nc1ccc2cc1CCc1cccc(c1)Nc1ncc(Cl)c(n1)N2.O=C(O)C(F)(F)F. The van der Waals surface area contributed by atoms with Gasteiger partial charge in [0.2, 0.25) is 5.95 Å². The number of sulfonamides is 1. The summed E-state index contributed by atoms with van der Waals surface area (Å²) in [5, 5.41) is 17.7. The Bertz CT molecular complexity index is 1690. The Balaban J connectivity index is 0.000000493. The summed E-state index contributed by atoms with van der Waals surface area (Å²) in [4.78, 5) is 17.7. The van der Waals surface area contributed by atoms with Gasteiger partial charge < -0.3 is 20.3 Å². The van der Waals surface area contributed by atoms with E-state index in [4.69, 9.17) is 26.0 Å². The highest BCUT2D eigenvalue weighted by atomic mass is 35.5. The summed E-state index contributed by atoms with van der Waals surface area (Å²) < 4.78 is 65.8. The van der Waals surface area contributed by atoms with E-state index in [0.29, 0.717) is 46.7 Å². The Labute approximate surface area is 236 Å². The number of benzene rings is 2. The number of nitrogens with zero attached hydrogens (tertiary/aromatic N) is 3. The van der Waals surface area contributed by atoms with Crippen molar-refractivity contribution in [3.05, 3.63) is 76.3 Å². The van der Waals surface area contributed by atoms with E-state index in [1.807, 2.05) is 30.3 Å². The molecule has 2 aromatic carbocycles. The molecule has 4 aromatic rings. The summed E-state index contributed by atoms with van der Waals surface area (Å²) in [6, 6.07) is 13.3. The van der Waals surface area contributed by atoms with Gasteiger partial charge >= 0.3 is 12.1 Å². The van der Waals surface area contributed by atoms with Gasteiger partial charge in [-0.15, -0.1) is 0 Å². The minimum atomic E-state index is -5.08. The van der Waals surface area contributed by atoms with Crippen LogP contribution in [0.5, 0.6) is 0 Å². The van der Waals surface area contributed by atoms with Gasteiger partial charge in [-0.05, 0) is 68.1 Å². The number of aliphatic carboxylic acids is 1. The molecule has 41 heavy (non-hydrogen) atoms. The number of hydrogen-bond acceptors (Lipinski definition) is 9. The molecule has 6 bridgehead atoms. The van der Waals surface area contributed by atoms with Crippen LogP contribution in [0, 0.1) is 13.8 Å². The minimum Gasteiger partial charge on any atom is -0.475 e. The lowest BCUT2D eigenvalue weighted by molar-refractivity contribution is -0.192. The monoisotopic (exact) mass is 610 g/mol. The molecule has 0 atom stereocenters. The van der Waals surface area contributed by atoms with Gasteiger partial charge in [0.05, 0.1) is 11.9 Å². The van der Waals surface area contributed by atoms with E-state index < -0.39 is 22.2 Å². The quantitative estimate of drug-likeness (QED) is 0.225. The fraction of sp³-hybridized carbons (Fsp3) is 0.200. The number of carboxylic acids is 1. The van der Waals surface area contributed by atoms with E-state index in [1.54, 1.807) is 26.0 Å². The standard InChI is InChI=1S/C23H21ClN6O3S.C2HF3O2/c1-13-21(14(2)33-29-13)34(31,32)30-20-9-8-18-11-16(20)7-6-15-4-3-5-17(10-15)27-23-25-12-19(24)22(26-18)28-23;3-2(4,5)1(6)7/h3-5,8-12,30H,6-7H2,1-2H3,(H2,25,26,27,28);(H,6,7). The van der Waals surface area contributed by atoms with E-state index in [1.165, 1.54) is 6.20 Å². The Morgan fingerprint density at radius 3 is 2.46 bits per heavy atom. The molecule has 0 unspecified atom stereocenters. The summed E-state index contributed by atoms with van der Waals surface area (Å²) in [5.41, 5.74) is 4.23. The van der Waals surface area contributed by atoms with Crippen LogP contribution in [0.25, 0.3) is 0 Å². The number of alkyl halides is 3. The van der Waals surface area contributed by atoms with E-state index in [2.05, 4.69) is 30.5 Å². The highest BCUT2D eigenvalue weighted by Gasteiger charge is 2.38. The number of hydrogen-bond donors (Lipinski definition) is 4. The van der Waals surface area contributed by atoms with Crippen LogP contribution in [0.2, 0.25) is 5.02 Å². The fourth-order valence-corrected chi connectivity index (χ4v) is 5.47. The molecule has 0 saturated carbocycles. The topological polar surface area (TPSA) is 159 Å². The van der Waals surface area contributed by atoms with Crippen LogP contribution in [0.1, 0.15) is 22.6 Å². The van der Waals surface area contributed by atoms with E-state index >= 15 is 0 Å². The number of anilines is 5. The summed E-state index contributed by atoms with van der Waals surface area (Å²) in [6.07, 6.45) is -2.27. The van der Waals surface area contributed by atoms with Crippen LogP contribution in [-0.4, -0.2) is 40.8 Å². The Morgan fingerprint density at radius 2 is 1.80 bits per heavy atom. The third-order valence-corrected chi connectivity index (χ3v) is 7.59. The first kappa shape index (κ1) is 29.6. The number of halogens is 4. The highest BCUT2D eigenvalue weighted by molar-refractivity contribution is 7.92. The smallest absolute Gasteiger partial charge is 0.475 e.